The van der Waals surface area contributed by atoms with Gasteiger partial charge >= 0.3 is 5.97 Å². The summed E-state index contributed by atoms with van der Waals surface area (Å²) in [6.45, 7) is 2.36. The van der Waals surface area contributed by atoms with Gasteiger partial charge in [0.1, 0.15) is 9.77 Å². The summed E-state index contributed by atoms with van der Waals surface area (Å²) in [7, 11) is -2.49. The molecule has 0 spiro atoms. The fraction of sp³-hybridized carbons (Fsp3) is 0.500. The summed E-state index contributed by atoms with van der Waals surface area (Å²) >= 11 is 1.06. The Kier molecular flexibility index (Phi) is 3.71. The van der Waals surface area contributed by atoms with Crippen LogP contribution >= 0.6 is 11.3 Å². The standard InChI is InChI=1S/C10H13NO5S2/c1-6-5-17-8(10(12)15-2)9(6)18(13,14)11-7-3-16-4-7/h5,7,11H,3-4H2,1-2H3. The van der Waals surface area contributed by atoms with E-state index in [1.54, 1.807) is 12.3 Å². The van der Waals surface area contributed by atoms with Crippen molar-refractivity contribution in [3.8, 4) is 0 Å². The molecule has 0 bridgehead atoms. The van der Waals surface area contributed by atoms with Crippen LogP contribution in [0.3, 0.4) is 0 Å². The summed E-state index contributed by atoms with van der Waals surface area (Å²) in [4.78, 5) is 11.6. The van der Waals surface area contributed by atoms with Crippen molar-refractivity contribution >= 4 is 27.3 Å². The lowest BCUT2D eigenvalue weighted by atomic mass is 10.3. The zero-order chi connectivity index (χ0) is 13.3. The molecule has 0 radical (unpaired) electrons. The predicted molar refractivity (Wildman–Crippen MR) is 65.3 cm³/mol. The molecule has 0 atom stereocenters. The Morgan fingerprint density at radius 2 is 2.22 bits per heavy atom. The van der Waals surface area contributed by atoms with E-state index in [1.807, 2.05) is 0 Å². The third-order valence-electron chi connectivity index (χ3n) is 2.52. The maximum atomic E-state index is 12.2. The highest BCUT2D eigenvalue weighted by atomic mass is 32.2. The highest BCUT2D eigenvalue weighted by molar-refractivity contribution is 7.89. The minimum atomic E-state index is -3.71. The van der Waals surface area contributed by atoms with E-state index in [9.17, 15) is 13.2 Å². The molecule has 18 heavy (non-hydrogen) atoms. The number of rotatable bonds is 4. The summed E-state index contributed by atoms with van der Waals surface area (Å²) < 4.78 is 36.4. The maximum absolute atomic E-state index is 12.2. The van der Waals surface area contributed by atoms with Gasteiger partial charge in [-0.05, 0) is 17.9 Å². The second kappa shape index (κ2) is 4.96. The highest BCUT2D eigenvalue weighted by Crippen LogP contribution is 2.27. The Labute approximate surface area is 109 Å². The lowest BCUT2D eigenvalue weighted by molar-refractivity contribution is 0.00481. The molecule has 1 saturated heterocycles. The van der Waals surface area contributed by atoms with Gasteiger partial charge in [-0.25, -0.2) is 17.9 Å². The first-order valence-corrected chi connectivity index (χ1v) is 7.58. The van der Waals surface area contributed by atoms with E-state index in [4.69, 9.17) is 4.74 Å². The summed E-state index contributed by atoms with van der Waals surface area (Å²) in [5.41, 5.74) is 0.535. The Balaban J connectivity index is 2.36. The van der Waals surface area contributed by atoms with E-state index < -0.39 is 16.0 Å². The Morgan fingerprint density at radius 1 is 1.56 bits per heavy atom. The quantitative estimate of drug-likeness (QED) is 0.818. The number of carbonyl (C=O) groups excluding carboxylic acids is 1. The summed E-state index contributed by atoms with van der Waals surface area (Å²) in [5, 5.41) is 1.62. The molecule has 1 fully saturated rings. The first-order chi connectivity index (χ1) is 8.45. The molecule has 2 rings (SSSR count). The van der Waals surface area contributed by atoms with E-state index in [1.165, 1.54) is 7.11 Å². The van der Waals surface area contributed by atoms with Crippen LogP contribution in [0.4, 0.5) is 0 Å². The molecule has 0 aromatic carbocycles. The van der Waals surface area contributed by atoms with Gasteiger partial charge in [0.25, 0.3) is 0 Å². The van der Waals surface area contributed by atoms with Gasteiger partial charge in [-0.2, -0.15) is 0 Å². The number of hydrogen-bond donors (Lipinski definition) is 1. The van der Waals surface area contributed by atoms with Crippen molar-refractivity contribution in [2.24, 2.45) is 0 Å². The molecule has 1 aromatic heterocycles. The number of methoxy groups -OCH3 is 1. The van der Waals surface area contributed by atoms with Gasteiger partial charge in [-0.3, -0.25) is 0 Å². The van der Waals surface area contributed by atoms with Crippen LogP contribution in [-0.4, -0.2) is 40.8 Å². The minimum absolute atomic E-state index is 0.00579. The molecule has 1 aromatic rings. The molecule has 8 heteroatoms. The number of aryl methyl sites for hydroxylation is 1. The second-order valence-corrected chi connectivity index (χ2v) is 6.45. The van der Waals surface area contributed by atoms with Crippen LogP contribution in [0.1, 0.15) is 15.2 Å². The van der Waals surface area contributed by atoms with Crippen LogP contribution in [0, 0.1) is 6.92 Å². The number of thiophene rings is 1. The zero-order valence-electron chi connectivity index (χ0n) is 9.93. The normalized spacial score (nSPS) is 16.3. The smallest absolute Gasteiger partial charge is 0.349 e. The average Bonchev–Trinajstić information content (AvgIpc) is 2.65. The largest absolute Gasteiger partial charge is 0.465 e. The van der Waals surface area contributed by atoms with Gasteiger partial charge < -0.3 is 9.47 Å². The van der Waals surface area contributed by atoms with Crippen LogP contribution in [0.5, 0.6) is 0 Å². The number of sulfonamides is 1. The van der Waals surface area contributed by atoms with Gasteiger partial charge in [0.2, 0.25) is 10.0 Å². The molecule has 1 N–H and O–H groups in total. The Morgan fingerprint density at radius 3 is 2.72 bits per heavy atom. The minimum Gasteiger partial charge on any atom is -0.465 e. The monoisotopic (exact) mass is 291 g/mol. The van der Waals surface area contributed by atoms with Gasteiger partial charge in [-0.1, -0.05) is 0 Å². The van der Waals surface area contributed by atoms with E-state index in [0.29, 0.717) is 18.8 Å². The van der Waals surface area contributed by atoms with Crippen LogP contribution in [-0.2, 0) is 19.5 Å². The Bertz CT molecular complexity index is 559. The van der Waals surface area contributed by atoms with Crippen LogP contribution in [0.25, 0.3) is 0 Å². The number of ether oxygens (including phenoxy) is 2. The van der Waals surface area contributed by atoms with Crippen LogP contribution in [0.15, 0.2) is 10.3 Å². The first-order valence-electron chi connectivity index (χ1n) is 5.22. The molecule has 2 heterocycles. The third-order valence-corrected chi connectivity index (χ3v) is 5.43. The molecule has 1 aliphatic heterocycles. The average molecular weight is 291 g/mol. The summed E-state index contributed by atoms with van der Waals surface area (Å²) in [6, 6.07) is -0.222. The second-order valence-electron chi connectivity index (χ2n) is 3.92. The van der Waals surface area contributed by atoms with E-state index in [-0.39, 0.29) is 15.8 Å². The van der Waals surface area contributed by atoms with Gasteiger partial charge in [0.05, 0.1) is 26.4 Å². The van der Waals surface area contributed by atoms with Gasteiger partial charge in [-0.15, -0.1) is 11.3 Å². The lowest BCUT2D eigenvalue weighted by Crippen LogP contribution is -2.48. The van der Waals surface area contributed by atoms with Crippen molar-refractivity contribution in [2.45, 2.75) is 17.9 Å². The van der Waals surface area contributed by atoms with Crippen LogP contribution < -0.4 is 4.72 Å². The van der Waals surface area contributed by atoms with Crippen LogP contribution in [0.2, 0.25) is 0 Å². The summed E-state index contributed by atoms with van der Waals surface area (Å²) in [6.07, 6.45) is 0. The van der Waals surface area contributed by atoms with Crippen molar-refractivity contribution in [1.29, 1.82) is 0 Å². The fourth-order valence-electron chi connectivity index (χ4n) is 1.58. The fourth-order valence-corrected chi connectivity index (χ4v) is 4.49. The lowest BCUT2D eigenvalue weighted by Gasteiger charge is -2.26. The summed E-state index contributed by atoms with van der Waals surface area (Å²) in [5.74, 6) is -0.640. The molecular weight excluding hydrogens is 278 g/mol. The molecule has 1 aliphatic rings. The van der Waals surface area contributed by atoms with Crippen molar-refractivity contribution in [1.82, 2.24) is 4.72 Å². The van der Waals surface area contributed by atoms with Gasteiger partial charge in [0, 0.05) is 0 Å². The SMILES string of the molecule is COC(=O)c1scc(C)c1S(=O)(=O)NC1COC1. The topological polar surface area (TPSA) is 81.7 Å². The maximum Gasteiger partial charge on any atom is 0.349 e. The zero-order valence-corrected chi connectivity index (χ0v) is 11.6. The van der Waals surface area contributed by atoms with Crippen molar-refractivity contribution in [3.05, 3.63) is 15.8 Å². The molecule has 0 amide bonds. The predicted octanol–water partition coefficient (Wildman–Crippen LogP) is 0.520. The molecule has 0 saturated carbocycles. The van der Waals surface area contributed by atoms with Crippen molar-refractivity contribution < 1.29 is 22.7 Å². The molecule has 6 nitrogen and oxygen atoms in total. The first kappa shape index (κ1) is 13.5. The Hall–Kier alpha value is -0.960. The van der Waals surface area contributed by atoms with E-state index in [2.05, 4.69) is 9.46 Å². The number of nitrogens with one attached hydrogen (secondary N) is 1. The van der Waals surface area contributed by atoms with Crippen molar-refractivity contribution in [3.63, 3.8) is 0 Å². The number of carbonyl (C=O) groups is 1. The third kappa shape index (κ3) is 2.41. The van der Waals surface area contributed by atoms with E-state index >= 15 is 0 Å². The molecular formula is C10H13NO5S2. The van der Waals surface area contributed by atoms with E-state index in [0.717, 1.165) is 11.3 Å². The highest BCUT2D eigenvalue weighted by Gasteiger charge is 2.31. The molecule has 0 aliphatic carbocycles. The molecule has 100 valence electrons. The van der Waals surface area contributed by atoms with Gasteiger partial charge in [0.15, 0.2) is 0 Å². The molecule has 0 unspecified atom stereocenters. The number of esters is 1. The van der Waals surface area contributed by atoms with Crippen molar-refractivity contribution in [2.75, 3.05) is 20.3 Å². The number of hydrogen-bond acceptors (Lipinski definition) is 6.